The lowest BCUT2D eigenvalue weighted by molar-refractivity contribution is 0.589. The van der Waals surface area contributed by atoms with Gasteiger partial charge in [-0.15, -0.1) is 0 Å². The summed E-state index contributed by atoms with van der Waals surface area (Å²) in [5.74, 6) is 2.78. The van der Waals surface area contributed by atoms with Crippen LogP contribution in [-0.4, -0.2) is 18.7 Å². The van der Waals surface area contributed by atoms with Gasteiger partial charge in [0, 0.05) is 36.2 Å². The predicted molar refractivity (Wildman–Crippen MR) is 448 cm³/mol. The maximum absolute atomic E-state index is 8.40. The highest BCUT2D eigenvalue weighted by molar-refractivity contribution is 6.10. The predicted octanol–water partition coefficient (Wildman–Crippen LogP) is 29.2. The van der Waals surface area contributed by atoms with Crippen LogP contribution in [0.2, 0.25) is 0 Å². The van der Waals surface area contributed by atoms with Gasteiger partial charge in [0.25, 0.3) is 0 Å². The molecule has 0 spiro atoms. The summed E-state index contributed by atoms with van der Waals surface area (Å²) < 4.78 is 75.9. The summed E-state index contributed by atoms with van der Waals surface area (Å²) in [5, 5.41) is 2.66. The van der Waals surface area contributed by atoms with Crippen molar-refractivity contribution in [1.29, 1.82) is 0 Å². The number of para-hydroxylation sites is 4. The molecule has 13 rings (SSSR count). The molecule has 0 radical (unpaired) electrons. The molecule has 0 atom stereocenters. The van der Waals surface area contributed by atoms with E-state index in [1.807, 2.05) is 32.9 Å². The summed E-state index contributed by atoms with van der Waals surface area (Å²) in [6.45, 7) is 43.4. The lowest BCUT2D eigenvalue weighted by Gasteiger charge is -2.19. The molecule has 1 aromatic heterocycles. The molecule has 0 aliphatic carbocycles. The molecular weight excluding hydrogens is 1230 g/mol. The Morgan fingerprint density at radius 2 is 0.794 bits per heavy atom. The second-order valence-electron chi connectivity index (χ2n) is 29.2. The monoisotopic (exact) mass is 1350 g/mol. The van der Waals surface area contributed by atoms with Gasteiger partial charge < -0.3 is 9.47 Å². The zero-order valence-corrected chi connectivity index (χ0v) is 63.8. The van der Waals surface area contributed by atoms with Crippen LogP contribution >= 0.6 is 0 Å². The maximum atomic E-state index is 8.40. The number of benzene rings is 12. The molecule has 0 fully saturated rings. The van der Waals surface area contributed by atoms with E-state index in [4.69, 9.17) is 18.9 Å². The summed E-state index contributed by atoms with van der Waals surface area (Å²) in [4.78, 5) is 5.63. The van der Waals surface area contributed by atoms with Gasteiger partial charge in [0.2, 0.25) is 0 Å². The van der Waals surface area contributed by atoms with Gasteiger partial charge in [-0.2, -0.15) is 0 Å². The first-order valence-electron chi connectivity index (χ1n) is 40.6. The van der Waals surface area contributed by atoms with Crippen molar-refractivity contribution >= 4 is 33.2 Å². The molecule has 0 N–H and O–H groups in total. The molecule has 0 aliphatic rings. The Hall–Kier alpha value is -10.3. The SMILES string of the molecule is CC(C)c1cc(-c2ccccc2)cc(-c2ccccc2)c1.CC(C)c1ccc(C(C)(C)C)cc1.CC(C)c1cccc2c3ccccc3n(-c3ccccc3)c12.CC(C)c1ccccc1N(C)C.[2H]c1c([2H])c([2H])c(-c2cc(-c3c([2H])c([2H])c(C)c([2H])c3[2H])cc(C(C)C)c2)c([2H])c1[2H].[C-]#[N+]c1cccc(C(C)C)c1C. The van der Waals surface area contributed by atoms with Crippen molar-refractivity contribution in [2.24, 2.45) is 0 Å². The number of fused-ring (bicyclic) bond motifs is 3. The average molecular weight is 1350 g/mol. The van der Waals surface area contributed by atoms with Crippen LogP contribution in [-0.2, 0) is 5.41 Å². The number of rotatable bonds is 12. The lowest BCUT2D eigenvalue weighted by atomic mass is 9.86. The summed E-state index contributed by atoms with van der Waals surface area (Å²) in [5.41, 5.74) is 22.8. The normalized spacial score (nSPS) is 12.3. The van der Waals surface area contributed by atoms with E-state index in [0.29, 0.717) is 40.7 Å². The number of anilines is 1. The third-order valence-corrected chi connectivity index (χ3v) is 18.2. The van der Waals surface area contributed by atoms with Crippen molar-refractivity contribution in [1.82, 2.24) is 4.57 Å². The Labute approximate surface area is 627 Å². The molecule has 0 amide bonds. The first-order chi connectivity index (χ1) is 52.6. The minimum Gasteiger partial charge on any atom is -0.377 e. The number of nitrogens with zero attached hydrogens (tertiary/aromatic N) is 3. The molecule has 13 aromatic rings. The Morgan fingerprint density at radius 1 is 0.373 bits per heavy atom. The molecule has 522 valence electrons. The second kappa shape index (κ2) is 36.9. The Kier molecular flexibility index (Phi) is 23.5. The van der Waals surface area contributed by atoms with Crippen LogP contribution in [0.15, 0.2) is 291 Å². The smallest absolute Gasteiger partial charge is 0.190 e. The molecular formula is C99H111N3. The van der Waals surface area contributed by atoms with Crippen molar-refractivity contribution in [3.63, 3.8) is 0 Å². The van der Waals surface area contributed by atoms with Crippen molar-refractivity contribution < 1.29 is 12.3 Å². The fourth-order valence-electron chi connectivity index (χ4n) is 12.3. The van der Waals surface area contributed by atoms with E-state index in [1.54, 1.807) is 18.2 Å². The maximum Gasteiger partial charge on any atom is 0.190 e. The highest BCUT2D eigenvalue weighted by Crippen LogP contribution is 2.38. The number of hydrogen-bond acceptors (Lipinski definition) is 1. The molecule has 12 aromatic carbocycles. The van der Waals surface area contributed by atoms with E-state index >= 15 is 0 Å². The molecule has 0 aliphatic heterocycles. The highest BCUT2D eigenvalue weighted by atomic mass is 15.1. The van der Waals surface area contributed by atoms with E-state index in [-0.39, 0.29) is 64.3 Å². The van der Waals surface area contributed by atoms with Gasteiger partial charge in [0.15, 0.2) is 5.69 Å². The van der Waals surface area contributed by atoms with Crippen LogP contribution in [0.3, 0.4) is 0 Å². The fourth-order valence-corrected chi connectivity index (χ4v) is 12.3. The van der Waals surface area contributed by atoms with E-state index in [1.165, 1.54) is 95.7 Å². The van der Waals surface area contributed by atoms with Gasteiger partial charge in [0.05, 0.1) is 29.9 Å². The van der Waals surface area contributed by atoms with Gasteiger partial charge in [-0.25, -0.2) is 4.85 Å². The summed E-state index contributed by atoms with van der Waals surface area (Å²) in [6, 6.07) is 80.0. The minimum absolute atomic E-state index is 0.0169. The first-order valence-corrected chi connectivity index (χ1v) is 36.1. The third-order valence-electron chi connectivity index (χ3n) is 18.2. The van der Waals surface area contributed by atoms with Crippen LogP contribution in [0, 0.1) is 20.4 Å². The molecule has 0 saturated carbocycles. The molecule has 102 heavy (non-hydrogen) atoms. The van der Waals surface area contributed by atoms with Crippen molar-refractivity contribution in [2.75, 3.05) is 19.0 Å². The van der Waals surface area contributed by atoms with Crippen LogP contribution in [0.25, 0.3) is 76.8 Å². The summed E-state index contributed by atoms with van der Waals surface area (Å²) in [7, 11) is 4.17. The van der Waals surface area contributed by atoms with Gasteiger partial charge in [0.1, 0.15) is 0 Å². The number of hydrogen-bond donors (Lipinski definition) is 0. The lowest BCUT2D eigenvalue weighted by Crippen LogP contribution is -2.11. The third kappa shape index (κ3) is 20.9. The molecule has 3 nitrogen and oxygen atoms in total. The quantitative estimate of drug-likeness (QED) is 0.111. The zero-order chi connectivity index (χ0) is 81.5. The molecule has 0 saturated heterocycles. The van der Waals surface area contributed by atoms with Crippen LogP contribution in [0.1, 0.15) is 202 Å². The summed E-state index contributed by atoms with van der Waals surface area (Å²) in [6.07, 6.45) is 0. The molecule has 0 bridgehead atoms. The van der Waals surface area contributed by atoms with E-state index in [9.17, 15) is 0 Å². The minimum atomic E-state index is -0.475. The van der Waals surface area contributed by atoms with E-state index < -0.39 is 18.1 Å². The first kappa shape index (κ1) is 65.1. The topological polar surface area (TPSA) is 12.5 Å². The largest absolute Gasteiger partial charge is 0.377 e. The van der Waals surface area contributed by atoms with Crippen LogP contribution in [0.4, 0.5) is 11.4 Å². The van der Waals surface area contributed by atoms with Crippen LogP contribution in [0.5, 0.6) is 0 Å². The van der Waals surface area contributed by atoms with E-state index in [2.05, 4.69) is 325 Å². The Balaban J connectivity index is 0.000000174. The number of aromatic nitrogens is 1. The standard InChI is InChI=1S/C22H22.C21H19N.C21H20.C13H20.C11H17N.C11H13N/c1-16(2)20-13-21(18-7-5-4-6-8-18)15-22(14-20)19-11-9-17(3)10-12-19;1-15(2)17-12-8-13-19-18-11-6-7-14-20(18)22(21(17)19)16-9-4-3-5-10-16;1-16(2)19-13-20(17-9-5-3-6-10-17)15-21(14-19)18-11-7-4-8-12-18;1-10(2)11-6-8-12(9-7-11)13(3,4)5;1-9(2)10-7-5-6-8-11(10)12(3)4;1-8(2)10-6-5-7-11(12-4)9(10)3/h4-16H,1-3H3;3-15H,1-2H3;3-16H,1-2H3;6-10H,1-5H3;5-9H,1-4H3;5-8H,1-3H3/i4D,5D,6D,7D,8D,9D,10D,11D,12D;;;;;. The average Bonchev–Trinajstić information content (AvgIpc) is 1.68. The van der Waals surface area contributed by atoms with E-state index in [0.717, 1.165) is 16.8 Å². The fraction of sp³-hybridized carbons (Fsp3) is 0.263. The van der Waals surface area contributed by atoms with Gasteiger partial charge in [-0.05, 0) is 175 Å². The van der Waals surface area contributed by atoms with Gasteiger partial charge in [-0.3, -0.25) is 0 Å². The molecule has 3 heteroatoms. The van der Waals surface area contributed by atoms with Crippen molar-refractivity contribution in [2.45, 2.75) is 159 Å². The Morgan fingerprint density at radius 3 is 1.26 bits per heavy atom. The molecule has 0 unspecified atom stereocenters. The Bertz CT molecular complexity index is 5100. The zero-order valence-electron chi connectivity index (χ0n) is 72.8. The van der Waals surface area contributed by atoms with Gasteiger partial charge >= 0.3 is 0 Å². The van der Waals surface area contributed by atoms with Crippen LogP contribution < -0.4 is 4.90 Å². The second-order valence-corrected chi connectivity index (χ2v) is 29.2. The molecule has 1 heterocycles. The van der Waals surface area contributed by atoms with Gasteiger partial charge in [-0.1, -0.05) is 370 Å². The summed E-state index contributed by atoms with van der Waals surface area (Å²) >= 11 is 0. The van der Waals surface area contributed by atoms with Crippen molar-refractivity contribution in [3.05, 3.63) is 352 Å². The highest BCUT2D eigenvalue weighted by Gasteiger charge is 2.18. The van der Waals surface area contributed by atoms with Crippen molar-refractivity contribution in [3.8, 4) is 50.2 Å².